The smallest absolute Gasteiger partial charge is 0.228 e. The molecule has 1 amide bonds. The van der Waals surface area contributed by atoms with Crippen molar-refractivity contribution in [3.8, 4) is 33.6 Å². The number of amides is 1. The lowest BCUT2D eigenvalue weighted by Crippen LogP contribution is -2.14. The first-order valence-electron chi connectivity index (χ1n) is 12.3. The summed E-state index contributed by atoms with van der Waals surface area (Å²) in [6, 6.07) is 17.8. The molecular formula is C30H21N7OS. The summed E-state index contributed by atoms with van der Waals surface area (Å²) >= 11 is 1.66. The van der Waals surface area contributed by atoms with E-state index in [1.165, 1.54) is 0 Å². The lowest BCUT2D eigenvalue weighted by atomic mass is 10.1. The Kier molecular flexibility index (Phi) is 5.68. The summed E-state index contributed by atoms with van der Waals surface area (Å²) in [7, 11) is 0. The van der Waals surface area contributed by atoms with Gasteiger partial charge in [-0.25, -0.2) is 4.98 Å². The molecule has 0 saturated carbocycles. The highest BCUT2D eigenvalue weighted by Gasteiger charge is 2.16. The molecule has 0 aliphatic carbocycles. The van der Waals surface area contributed by atoms with Crippen molar-refractivity contribution < 1.29 is 4.79 Å². The lowest BCUT2D eigenvalue weighted by molar-refractivity contribution is -0.115. The number of anilines is 1. The number of pyridine rings is 3. The van der Waals surface area contributed by atoms with Gasteiger partial charge in [0.25, 0.3) is 0 Å². The number of hydrogen-bond donors (Lipinski definition) is 3. The summed E-state index contributed by atoms with van der Waals surface area (Å²) in [6.07, 6.45) is 9.20. The zero-order chi connectivity index (χ0) is 26.2. The molecule has 0 bridgehead atoms. The number of carbonyl (C=O) groups excluding carboxylic acids is 1. The minimum Gasteiger partial charge on any atom is -0.352 e. The summed E-state index contributed by atoms with van der Waals surface area (Å²) in [5, 5.41) is 16.7. The maximum atomic E-state index is 12.6. The summed E-state index contributed by atoms with van der Waals surface area (Å²) in [4.78, 5) is 29.4. The Hall–Kier alpha value is -5.15. The average Bonchev–Trinajstić information content (AvgIpc) is 3.73. The van der Waals surface area contributed by atoms with E-state index >= 15 is 0 Å². The van der Waals surface area contributed by atoms with Crippen LogP contribution in [0.3, 0.4) is 0 Å². The van der Waals surface area contributed by atoms with Crippen molar-refractivity contribution in [2.24, 2.45) is 0 Å². The number of hydrogen-bond acceptors (Lipinski definition) is 6. The monoisotopic (exact) mass is 527 g/mol. The Morgan fingerprint density at radius 3 is 2.62 bits per heavy atom. The molecule has 6 heterocycles. The average molecular weight is 528 g/mol. The first-order chi connectivity index (χ1) is 19.2. The van der Waals surface area contributed by atoms with Crippen LogP contribution in [0.2, 0.25) is 0 Å². The molecule has 0 radical (unpaired) electrons. The van der Waals surface area contributed by atoms with E-state index in [0.29, 0.717) is 17.8 Å². The van der Waals surface area contributed by atoms with Crippen LogP contribution in [0, 0.1) is 0 Å². The van der Waals surface area contributed by atoms with Gasteiger partial charge in [-0.1, -0.05) is 30.3 Å². The minimum absolute atomic E-state index is 0.0963. The number of carbonyl (C=O) groups is 1. The Labute approximate surface area is 226 Å². The highest BCUT2D eigenvalue weighted by Crippen LogP contribution is 2.35. The summed E-state index contributed by atoms with van der Waals surface area (Å²) in [6.45, 7) is 0. The highest BCUT2D eigenvalue weighted by atomic mass is 32.1. The zero-order valence-corrected chi connectivity index (χ0v) is 21.4. The summed E-state index contributed by atoms with van der Waals surface area (Å²) < 4.78 is 0. The number of H-pyrrole nitrogens is 2. The van der Waals surface area contributed by atoms with Crippen LogP contribution in [0.4, 0.5) is 5.69 Å². The van der Waals surface area contributed by atoms with Gasteiger partial charge in [-0.2, -0.15) is 16.4 Å². The molecule has 0 saturated heterocycles. The van der Waals surface area contributed by atoms with E-state index in [1.807, 2.05) is 54.9 Å². The maximum Gasteiger partial charge on any atom is 0.228 e. The van der Waals surface area contributed by atoms with Crippen LogP contribution in [-0.4, -0.2) is 36.0 Å². The minimum atomic E-state index is -0.0963. The van der Waals surface area contributed by atoms with Gasteiger partial charge in [0.05, 0.1) is 35.7 Å². The molecular weight excluding hydrogens is 506 g/mol. The molecule has 0 spiro atoms. The quantitative estimate of drug-likeness (QED) is 0.229. The number of benzene rings is 1. The van der Waals surface area contributed by atoms with Gasteiger partial charge < -0.3 is 10.3 Å². The fourth-order valence-corrected chi connectivity index (χ4v) is 5.40. The second kappa shape index (κ2) is 9.62. The van der Waals surface area contributed by atoms with E-state index in [4.69, 9.17) is 0 Å². The molecule has 3 N–H and O–H groups in total. The van der Waals surface area contributed by atoms with Gasteiger partial charge in [-0.3, -0.25) is 19.9 Å². The van der Waals surface area contributed by atoms with Crippen LogP contribution in [0.15, 0.2) is 96.3 Å². The first kappa shape index (κ1) is 23.0. The fourth-order valence-electron chi connectivity index (χ4n) is 4.75. The largest absolute Gasteiger partial charge is 0.352 e. The van der Waals surface area contributed by atoms with Crippen molar-refractivity contribution in [2.45, 2.75) is 6.42 Å². The van der Waals surface area contributed by atoms with Crippen molar-refractivity contribution >= 4 is 44.9 Å². The summed E-state index contributed by atoms with van der Waals surface area (Å²) in [5.41, 5.74) is 8.78. The Morgan fingerprint density at radius 2 is 1.74 bits per heavy atom. The molecule has 39 heavy (non-hydrogen) atoms. The van der Waals surface area contributed by atoms with E-state index in [2.05, 4.69) is 58.3 Å². The Morgan fingerprint density at radius 1 is 0.872 bits per heavy atom. The molecule has 6 aromatic heterocycles. The van der Waals surface area contributed by atoms with E-state index in [0.717, 1.165) is 55.5 Å². The highest BCUT2D eigenvalue weighted by molar-refractivity contribution is 7.08. The van der Waals surface area contributed by atoms with E-state index in [1.54, 1.807) is 29.9 Å². The number of aromatic nitrogens is 6. The van der Waals surface area contributed by atoms with Gasteiger partial charge in [0, 0.05) is 46.1 Å². The predicted octanol–water partition coefficient (Wildman–Crippen LogP) is 6.47. The molecule has 0 atom stereocenters. The molecule has 1 aromatic carbocycles. The molecule has 0 unspecified atom stereocenters. The van der Waals surface area contributed by atoms with Crippen LogP contribution < -0.4 is 5.32 Å². The van der Waals surface area contributed by atoms with E-state index in [9.17, 15) is 4.79 Å². The number of thiophene rings is 1. The molecule has 0 fully saturated rings. The normalized spacial score (nSPS) is 11.3. The number of aromatic amines is 2. The topological polar surface area (TPSA) is 112 Å². The third kappa shape index (κ3) is 4.45. The summed E-state index contributed by atoms with van der Waals surface area (Å²) in [5.74, 6) is -0.0963. The van der Waals surface area contributed by atoms with E-state index in [-0.39, 0.29) is 5.91 Å². The SMILES string of the molecule is O=C(Cc1ccccc1)Nc1cncc(-c2cnc3[nH]nc(-c4cc5c(-c6ccsc6)cncc5[nH]4)c3c2)c1. The van der Waals surface area contributed by atoms with Crippen LogP contribution >= 0.6 is 11.3 Å². The molecule has 0 aliphatic heterocycles. The van der Waals surface area contributed by atoms with Gasteiger partial charge in [0.2, 0.25) is 5.91 Å². The predicted molar refractivity (Wildman–Crippen MR) is 154 cm³/mol. The van der Waals surface area contributed by atoms with Crippen LogP contribution in [0.1, 0.15) is 5.56 Å². The van der Waals surface area contributed by atoms with Crippen LogP contribution in [-0.2, 0) is 11.2 Å². The third-order valence-electron chi connectivity index (χ3n) is 6.61. The standard InChI is InChI=1S/C30H21N7OS/c38-28(8-18-4-2-1-3-5-18)34-22-9-20(12-31-14-22)21-10-24-29(36-37-30(24)33-13-21)26-11-23-25(19-6-7-39-17-19)15-32-16-27(23)35-26/h1-7,9-17,35H,8H2,(H,34,38)(H,33,36,37). The van der Waals surface area contributed by atoms with Gasteiger partial charge in [-0.05, 0) is 46.2 Å². The van der Waals surface area contributed by atoms with Gasteiger partial charge in [-0.15, -0.1) is 0 Å². The van der Waals surface area contributed by atoms with Gasteiger partial charge in [0.15, 0.2) is 5.65 Å². The van der Waals surface area contributed by atoms with Gasteiger partial charge >= 0.3 is 0 Å². The van der Waals surface area contributed by atoms with Crippen molar-refractivity contribution in [2.75, 3.05) is 5.32 Å². The number of rotatable bonds is 6. The van der Waals surface area contributed by atoms with Crippen molar-refractivity contribution in [3.05, 3.63) is 102 Å². The van der Waals surface area contributed by atoms with E-state index < -0.39 is 0 Å². The second-order valence-electron chi connectivity index (χ2n) is 9.21. The number of nitrogens with one attached hydrogen (secondary N) is 3. The number of fused-ring (bicyclic) bond motifs is 2. The Balaban J connectivity index is 1.21. The molecule has 9 heteroatoms. The van der Waals surface area contributed by atoms with Crippen molar-refractivity contribution in [1.82, 2.24) is 30.1 Å². The second-order valence-corrected chi connectivity index (χ2v) is 9.99. The maximum absolute atomic E-state index is 12.6. The van der Waals surface area contributed by atoms with Crippen molar-refractivity contribution in [1.29, 1.82) is 0 Å². The number of nitrogens with zero attached hydrogens (tertiary/aromatic N) is 4. The molecule has 188 valence electrons. The molecule has 8 nitrogen and oxygen atoms in total. The van der Waals surface area contributed by atoms with Crippen LogP contribution in [0.5, 0.6) is 0 Å². The fraction of sp³-hybridized carbons (Fsp3) is 0.0333. The van der Waals surface area contributed by atoms with Crippen LogP contribution in [0.25, 0.3) is 55.6 Å². The molecule has 7 aromatic rings. The lowest BCUT2D eigenvalue weighted by Gasteiger charge is -2.07. The third-order valence-corrected chi connectivity index (χ3v) is 7.30. The van der Waals surface area contributed by atoms with Gasteiger partial charge in [0.1, 0.15) is 5.69 Å². The van der Waals surface area contributed by atoms with Crippen molar-refractivity contribution in [3.63, 3.8) is 0 Å². The Bertz CT molecular complexity index is 1940. The first-order valence-corrected chi connectivity index (χ1v) is 13.3. The zero-order valence-electron chi connectivity index (χ0n) is 20.6. The molecule has 7 rings (SSSR count). The molecule has 0 aliphatic rings.